The van der Waals surface area contributed by atoms with E-state index in [1.807, 2.05) is 13.8 Å². The van der Waals surface area contributed by atoms with E-state index in [0.29, 0.717) is 22.6 Å². The van der Waals surface area contributed by atoms with Gasteiger partial charge in [-0.1, -0.05) is 43.6 Å². The normalized spacial score (nSPS) is 11.9. The highest BCUT2D eigenvalue weighted by atomic mass is 35.5. The highest BCUT2D eigenvalue weighted by Gasteiger charge is 2.22. The average Bonchev–Trinajstić information content (AvgIpc) is 2.60. The third-order valence-corrected chi connectivity index (χ3v) is 4.10. The molecule has 26 heavy (non-hydrogen) atoms. The molecule has 1 atom stereocenters. The molecule has 138 valence electrons. The maximum absolute atomic E-state index is 13.7. The van der Waals surface area contributed by atoms with Crippen molar-refractivity contribution in [3.05, 3.63) is 70.5 Å². The molecule has 0 bridgehead atoms. The molecule has 0 saturated carbocycles. The monoisotopic (exact) mass is 376 g/mol. The van der Waals surface area contributed by atoms with Gasteiger partial charge in [-0.3, -0.25) is 9.59 Å². The maximum atomic E-state index is 13.7. The lowest BCUT2D eigenvalue weighted by molar-refractivity contribution is -0.123. The van der Waals surface area contributed by atoms with Gasteiger partial charge in [-0.15, -0.1) is 0 Å². The largest absolute Gasteiger partial charge is 0.350 e. The molecule has 0 fully saturated rings. The van der Waals surface area contributed by atoms with Crippen molar-refractivity contribution in [2.75, 3.05) is 0 Å². The third-order valence-electron chi connectivity index (χ3n) is 3.85. The van der Waals surface area contributed by atoms with E-state index < -0.39 is 6.04 Å². The molecular formula is C20H22ClFN2O2. The molecule has 0 radical (unpaired) electrons. The topological polar surface area (TPSA) is 58.2 Å². The number of carbonyl (C=O) groups excluding carboxylic acids is 2. The van der Waals surface area contributed by atoms with E-state index in [9.17, 15) is 14.0 Å². The highest BCUT2D eigenvalue weighted by Crippen LogP contribution is 2.12. The zero-order valence-electron chi connectivity index (χ0n) is 14.8. The molecule has 0 unspecified atom stereocenters. The average molecular weight is 377 g/mol. The van der Waals surface area contributed by atoms with Crippen LogP contribution >= 0.6 is 11.6 Å². The molecule has 4 nitrogen and oxygen atoms in total. The van der Waals surface area contributed by atoms with Gasteiger partial charge in [0.25, 0.3) is 5.91 Å². The Morgan fingerprint density at radius 2 is 1.73 bits per heavy atom. The smallest absolute Gasteiger partial charge is 0.251 e. The predicted octanol–water partition coefficient (Wildman–Crippen LogP) is 3.94. The van der Waals surface area contributed by atoms with E-state index in [0.717, 1.165) is 0 Å². The Morgan fingerprint density at radius 3 is 2.35 bits per heavy atom. The Balaban J connectivity index is 2.03. The first-order valence-electron chi connectivity index (χ1n) is 8.44. The van der Waals surface area contributed by atoms with Crippen molar-refractivity contribution in [3.63, 3.8) is 0 Å². The predicted molar refractivity (Wildman–Crippen MR) is 100 cm³/mol. The van der Waals surface area contributed by atoms with E-state index in [2.05, 4.69) is 10.6 Å². The van der Waals surface area contributed by atoms with Gasteiger partial charge in [-0.05, 0) is 42.7 Å². The minimum absolute atomic E-state index is 0.0664. The fourth-order valence-corrected chi connectivity index (χ4v) is 2.62. The molecule has 0 aliphatic heterocycles. The molecule has 0 saturated heterocycles. The van der Waals surface area contributed by atoms with Crippen LogP contribution in [0.25, 0.3) is 0 Å². The van der Waals surface area contributed by atoms with Crippen LogP contribution in [0.1, 0.15) is 36.2 Å². The first kappa shape index (κ1) is 19.9. The molecule has 0 aromatic heterocycles. The molecule has 2 rings (SSSR count). The van der Waals surface area contributed by atoms with Crippen molar-refractivity contribution < 1.29 is 14.0 Å². The third kappa shape index (κ3) is 5.85. The van der Waals surface area contributed by atoms with Gasteiger partial charge in [0.15, 0.2) is 0 Å². The van der Waals surface area contributed by atoms with Crippen molar-refractivity contribution in [2.24, 2.45) is 5.92 Å². The number of benzene rings is 2. The zero-order chi connectivity index (χ0) is 19.1. The van der Waals surface area contributed by atoms with Crippen LogP contribution in [0.5, 0.6) is 0 Å². The van der Waals surface area contributed by atoms with Crippen LogP contribution in [0, 0.1) is 11.7 Å². The molecule has 0 heterocycles. The van der Waals surface area contributed by atoms with Gasteiger partial charge in [0.2, 0.25) is 5.91 Å². The summed E-state index contributed by atoms with van der Waals surface area (Å²) in [5.74, 6) is -0.874. The Bertz CT molecular complexity index is 763. The van der Waals surface area contributed by atoms with Gasteiger partial charge in [-0.25, -0.2) is 4.39 Å². The number of nitrogens with one attached hydrogen (secondary N) is 2. The summed E-state index contributed by atoms with van der Waals surface area (Å²) in [5.41, 5.74) is 0.818. The molecule has 0 spiro atoms. The lowest BCUT2D eigenvalue weighted by atomic mass is 10.0. The Labute approximate surface area is 157 Å². The van der Waals surface area contributed by atoms with Gasteiger partial charge >= 0.3 is 0 Å². The van der Waals surface area contributed by atoms with Crippen LogP contribution in [0.3, 0.4) is 0 Å². The minimum Gasteiger partial charge on any atom is -0.350 e. The van der Waals surface area contributed by atoms with E-state index in [4.69, 9.17) is 11.6 Å². The van der Waals surface area contributed by atoms with Crippen molar-refractivity contribution in [1.29, 1.82) is 0 Å². The Morgan fingerprint density at radius 1 is 1.08 bits per heavy atom. The second-order valence-electron chi connectivity index (χ2n) is 6.47. The van der Waals surface area contributed by atoms with Crippen LogP contribution in [-0.2, 0) is 11.3 Å². The first-order chi connectivity index (χ1) is 12.4. The van der Waals surface area contributed by atoms with E-state index in [-0.39, 0.29) is 30.1 Å². The molecule has 2 aromatic rings. The lowest BCUT2D eigenvalue weighted by Crippen LogP contribution is -2.47. The van der Waals surface area contributed by atoms with Crippen molar-refractivity contribution in [1.82, 2.24) is 10.6 Å². The van der Waals surface area contributed by atoms with Crippen molar-refractivity contribution in [3.8, 4) is 0 Å². The van der Waals surface area contributed by atoms with Crippen LogP contribution in [-0.4, -0.2) is 17.9 Å². The zero-order valence-corrected chi connectivity index (χ0v) is 15.5. The Kier molecular flexibility index (Phi) is 7.16. The van der Waals surface area contributed by atoms with Gasteiger partial charge in [0.1, 0.15) is 11.9 Å². The van der Waals surface area contributed by atoms with E-state index in [1.165, 1.54) is 6.07 Å². The van der Waals surface area contributed by atoms with E-state index >= 15 is 0 Å². The van der Waals surface area contributed by atoms with Crippen LogP contribution in [0.2, 0.25) is 5.02 Å². The lowest BCUT2D eigenvalue weighted by Gasteiger charge is -2.20. The van der Waals surface area contributed by atoms with Gasteiger partial charge in [0, 0.05) is 22.7 Å². The number of amides is 2. The van der Waals surface area contributed by atoms with E-state index in [1.54, 1.807) is 42.5 Å². The molecule has 0 aliphatic carbocycles. The van der Waals surface area contributed by atoms with Crippen LogP contribution in [0.15, 0.2) is 48.5 Å². The second kappa shape index (κ2) is 9.34. The summed E-state index contributed by atoms with van der Waals surface area (Å²) in [6, 6.07) is 12.0. The number of halogens is 2. The molecule has 6 heteroatoms. The summed E-state index contributed by atoms with van der Waals surface area (Å²) >= 11 is 5.83. The molecule has 0 aliphatic rings. The second-order valence-corrected chi connectivity index (χ2v) is 6.91. The van der Waals surface area contributed by atoms with Crippen LogP contribution < -0.4 is 10.6 Å². The highest BCUT2D eigenvalue weighted by molar-refractivity contribution is 6.30. The summed E-state index contributed by atoms with van der Waals surface area (Å²) in [5, 5.41) is 5.97. The quantitative estimate of drug-likeness (QED) is 0.769. The fourth-order valence-electron chi connectivity index (χ4n) is 2.49. The fraction of sp³-hybridized carbons (Fsp3) is 0.300. The SMILES string of the molecule is CC(C)C[C@H](NC(=O)c1ccc(Cl)cc1)C(=O)NCc1ccccc1F. The number of hydrogen-bond acceptors (Lipinski definition) is 2. The van der Waals surface area contributed by atoms with Crippen molar-refractivity contribution >= 4 is 23.4 Å². The maximum Gasteiger partial charge on any atom is 0.251 e. The summed E-state index contributed by atoms with van der Waals surface area (Å²) in [4.78, 5) is 24.9. The number of hydrogen-bond donors (Lipinski definition) is 2. The molecular weight excluding hydrogens is 355 g/mol. The molecule has 2 amide bonds. The number of rotatable bonds is 7. The first-order valence-corrected chi connectivity index (χ1v) is 8.82. The summed E-state index contributed by atoms with van der Waals surface area (Å²) in [6.45, 7) is 3.99. The molecule has 2 N–H and O–H groups in total. The van der Waals surface area contributed by atoms with Gasteiger partial charge in [0.05, 0.1) is 0 Å². The standard InChI is InChI=1S/C20H22ClFN2O2/c1-13(2)11-18(24-19(25)14-7-9-16(21)10-8-14)20(26)23-12-15-5-3-4-6-17(15)22/h3-10,13,18H,11-12H2,1-2H3,(H,23,26)(H,24,25)/t18-/m0/s1. The minimum atomic E-state index is -0.704. The molecule has 2 aromatic carbocycles. The summed E-state index contributed by atoms with van der Waals surface area (Å²) in [6.07, 6.45) is 0.475. The number of carbonyl (C=O) groups is 2. The summed E-state index contributed by atoms with van der Waals surface area (Å²) < 4.78 is 13.7. The Hall–Kier alpha value is -2.40. The van der Waals surface area contributed by atoms with Crippen molar-refractivity contribution in [2.45, 2.75) is 32.9 Å². The van der Waals surface area contributed by atoms with Crippen LogP contribution in [0.4, 0.5) is 4.39 Å². The van der Waals surface area contributed by atoms with Gasteiger partial charge in [-0.2, -0.15) is 0 Å². The van der Waals surface area contributed by atoms with Gasteiger partial charge < -0.3 is 10.6 Å². The summed E-state index contributed by atoms with van der Waals surface area (Å²) in [7, 11) is 0.